The Morgan fingerprint density at radius 3 is 2.72 bits per heavy atom. The van der Waals surface area contributed by atoms with Crippen molar-refractivity contribution in [3.63, 3.8) is 0 Å². The summed E-state index contributed by atoms with van der Waals surface area (Å²) in [6.07, 6.45) is 5.83. The molecule has 164 valence electrons. The highest BCUT2D eigenvalue weighted by Gasteiger charge is 2.24. The van der Waals surface area contributed by atoms with E-state index in [1.54, 1.807) is 11.8 Å². The number of carbonyl (C=O) groups is 1. The molecule has 0 saturated heterocycles. The van der Waals surface area contributed by atoms with Crippen LogP contribution in [0, 0.1) is 6.92 Å². The minimum atomic E-state index is -0.316. The summed E-state index contributed by atoms with van der Waals surface area (Å²) in [6.45, 7) is 1.83. The van der Waals surface area contributed by atoms with Crippen molar-refractivity contribution in [3.8, 4) is 11.4 Å². The molecule has 0 bridgehead atoms. The van der Waals surface area contributed by atoms with Crippen LogP contribution in [0.1, 0.15) is 54.3 Å². The van der Waals surface area contributed by atoms with E-state index in [1.807, 2.05) is 49.4 Å². The van der Waals surface area contributed by atoms with Crippen LogP contribution >= 0.6 is 0 Å². The van der Waals surface area contributed by atoms with E-state index < -0.39 is 0 Å². The van der Waals surface area contributed by atoms with Gasteiger partial charge in [0.15, 0.2) is 5.69 Å². The van der Waals surface area contributed by atoms with Crippen LogP contribution in [0.4, 0.5) is 5.95 Å². The summed E-state index contributed by atoms with van der Waals surface area (Å²) in [5.41, 5.74) is 3.63. The van der Waals surface area contributed by atoms with Gasteiger partial charge in [-0.1, -0.05) is 42.7 Å². The van der Waals surface area contributed by atoms with Crippen molar-refractivity contribution in [3.05, 3.63) is 59.9 Å². The highest BCUT2D eigenvalue weighted by Crippen LogP contribution is 2.34. The zero-order chi connectivity index (χ0) is 22.1. The van der Waals surface area contributed by atoms with Crippen molar-refractivity contribution in [2.75, 3.05) is 12.4 Å². The zero-order valence-corrected chi connectivity index (χ0v) is 18.3. The molecule has 32 heavy (non-hydrogen) atoms. The standard InChI is InChI=1S/C24H26N6O2/c1-16-22(27-28-30(16)18-11-8-12-19(15-18)32-2)23(31)26-24-25-20-13-6-7-14-21(20)29(24)17-9-4-3-5-10-17/h6-8,11-15,17H,3-5,9-10H2,1-2H3,(H,25,26,31). The van der Waals surface area contributed by atoms with Crippen LogP contribution in [-0.2, 0) is 0 Å². The number of ether oxygens (including phenoxy) is 1. The largest absolute Gasteiger partial charge is 0.497 e. The Bertz CT molecular complexity index is 1270. The monoisotopic (exact) mass is 430 g/mol. The van der Waals surface area contributed by atoms with Gasteiger partial charge in [-0.2, -0.15) is 0 Å². The number of aromatic nitrogens is 5. The maximum absolute atomic E-state index is 13.2. The molecule has 1 fully saturated rings. The predicted octanol–water partition coefficient (Wildman–Crippen LogP) is 4.69. The molecule has 0 atom stereocenters. The van der Waals surface area contributed by atoms with E-state index >= 15 is 0 Å². The number of methoxy groups -OCH3 is 1. The van der Waals surface area contributed by atoms with Gasteiger partial charge in [0.25, 0.3) is 5.91 Å². The highest BCUT2D eigenvalue weighted by atomic mass is 16.5. The van der Waals surface area contributed by atoms with Crippen LogP contribution in [-0.4, -0.2) is 37.6 Å². The number of para-hydroxylation sites is 2. The summed E-state index contributed by atoms with van der Waals surface area (Å²) in [5, 5.41) is 11.4. The smallest absolute Gasteiger partial charge is 0.280 e. The first-order valence-electron chi connectivity index (χ1n) is 11.0. The van der Waals surface area contributed by atoms with Crippen molar-refractivity contribution in [1.82, 2.24) is 24.5 Å². The fourth-order valence-corrected chi connectivity index (χ4v) is 4.53. The zero-order valence-electron chi connectivity index (χ0n) is 18.3. The molecular formula is C24H26N6O2. The first-order valence-corrected chi connectivity index (χ1v) is 11.0. The number of nitrogens with one attached hydrogen (secondary N) is 1. The molecule has 0 spiro atoms. The number of benzene rings is 2. The molecule has 5 rings (SSSR count). The van der Waals surface area contributed by atoms with E-state index in [1.165, 1.54) is 19.3 Å². The summed E-state index contributed by atoms with van der Waals surface area (Å²) in [6, 6.07) is 15.8. The number of hydrogen-bond acceptors (Lipinski definition) is 5. The molecule has 1 saturated carbocycles. The lowest BCUT2D eigenvalue weighted by atomic mass is 9.95. The van der Waals surface area contributed by atoms with Crippen LogP contribution in [0.5, 0.6) is 5.75 Å². The number of imidazole rings is 1. The van der Waals surface area contributed by atoms with Crippen LogP contribution in [0.15, 0.2) is 48.5 Å². The topological polar surface area (TPSA) is 86.9 Å². The van der Waals surface area contributed by atoms with Gasteiger partial charge in [0.2, 0.25) is 5.95 Å². The molecule has 2 aromatic heterocycles. The second-order valence-corrected chi connectivity index (χ2v) is 8.18. The molecule has 4 aromatic rings. The summed E-state index contributed by atoms with van der Waals surface area (Å²) in [4.78, 5) is 17.9. The SMILES string of the molecule is COc1cccc(-n2nnc(C(=O)Nc3nc4ccccc4n3C3CCCCC3)c2C)c1. The number of fused-ring (bicyclic) bond motifs is 1. The van der Waals surface area contributed by atoms with Gasteiger partial charge in [0.1, 0.15) is 5.75 Å². The lowest BCUT2D eigenvalue weighted by Gasteiger charge is -2.25. The summed E-state index contributed by atoms with van der Waals surface area (Å²) in [5.74, 6) is 0.965. The lowest BCUT2D eigenvalue weighted by molar-refractivity contribution is 0.102. The Morgan fingerprint density at radius 2 is 1.91 bits per heavy atom. The van der Waals surface area contributed by atoms with E-state index in [0.717, 1.165) is 29.6 Å². The van der Waals surface area contributed by atoms with Gasteiger partial charge in [-0.15, -0.1) is 5.10 Å². The third-order valence-corrected chi connectivity index (χ3v) is 6.17. The van der Waals surface area contributed by atoms with Crippen LogP contribution in [0.3, 0.4) is 0 Å². The van der Waals surface area contributed by atoms with Crippen molar-refractivity contribution in [2.45, 2.75) is 45.1 Å². The number of hydrogen-bond donors (Lipinski definition) is 1. The van der Waals surface area contributed by atoms with Crippen LogP contribution in [0.2, 0.25) is 0 Å². The number of rotatable bonds is 5. The third kappa shape index (κ3) is 3.62. The van der Waals surface area contributed by atoms with Crippen LogP contribution in [0.25, 0.3) is 16.7 Å². The minimum absolute atomic E-state index is 0.273. The van der Waals surface area contributed by atoms with Gasteiger partial charge in [0.05, 0.1) is 29.5 Å². The molecule has 2 heterocycles. The van der Waals surface area contributed by atoms with Gasteiger partial charge in [-0.3, -0.25) is 10.1 Å². The molecule has 0 aliphatic heterocycles. The van der Waals surface area contributed by atoms with E-state index in [4.69, 9.17) is 9.72 Å². The Hall–Kier alpha value is -3.68. The normalized spacial score (nSPS) is 14.6. The number of carbonyl (C=O) groups excluding carboxylic acids is 1. The summed E-state index contributed by atoms with van der Waals surface area (Å²) < 4.78 is 9.13. The number of amides is 1. The van der Waals surface area contributed by atoms with Crippen molar-refractivity contribution < 1.29 is 9.53 Å². The quantitative estimate of drug-likeness (QED) is 0.496. The fraction of sp³-hybridized carbons (Fsp3) is 0.333. The van der Waals surface area contributed by atoms with E-state index in [2.05, 4.69) is 26.3 Å². The van der Waals surface area contributed by atoms with Gasteiger partial charge >= 0.3 is 0 Å². The first kappa shape index (κ1) is 20.2. The molecule has 1 amide bonds. The Morgan fingerprint density at radius 1 is 1.09 bits per heavy atom. The second-order valence-electron chi connectivity index (χ2n) is 8.18. The fourth-order valence-electron chi connectivity index (χ4n) is 4.53. The Kier molecular flexibility index (Phi) is 5.34. The van der Waals surface area contributed by atoms with E-state index in [9.17, 15) is 4.79 Å². The van der Waals surface area contributed by atoms with Crippen molar-refractivity contribution in [1.29, 1.82) is 0 Å². The highest BCUT2D eigenvalue weighted by molar-refractivity contribution is 6.03. The molecular weight excluding hydrogens is 404 g/mol. The van der Waals surface area contributed by atoms with Gasteiger partial charge in [-0.25, -0.2) is 9.67 Å². The predicted molar refractivity (Wildman–Crippen MR) is 122 cm³/mol. The Labute approximate surface area is 186 Å². The molecule has 1 aliphatic rings. The molecule has 8 heteroatoms. The Balaban J connectivity index is 1.47. The van der Waals surface area contributed by atoms with Gasteiger partial charge < -0.3 is 9.30 Å². The van der Waals surface area contributed by atoms with Crippen LogP contribution < -0.4 is 10.1 Å². The molecule has 1 aliphatic carbocycles. The van der Waals surface area contributed by atoms with Crippen molar-refractivity contribution >= 4 is 22.9 Å². The van der Waals surface area contributed by atoms with Gasteiger partial charge in [-0.05, 0) is 44.0 Å². The summed E-state index contributed by atoms with van der Waals surface area (Å²) in [7, 11) is 1.62. The minimum Gasteiger partial charge on any atom is -0.497 e. The number of nitrogens with zero attached hydrogens (tertiary/aromatic N) is 5. The molecule has 8 nitrogen and oxygen atoms in total. The second kappa shape index (κ2) is 8.45. The summed E-state index contributed by atoms with van der Waals surface area (Å²) >= 11 is 0. The van der Waals surface area contributed by atoms with E-state index in [0.29, 0.717) is 23.4 Å². The lowest BCUT2D eigenvalue weighted by Crippen LogP contribution is -2.21. The van der Waals surface area contributed by atoms with Crippen molar-refractivity contribution in [2.24, 2.45) is 0 Å². The van der Waals surface area contributed by atoms with E-state index in [-0.39, 0.29) is 11.6 Å². The molecule has 0 radical (unpaired) electrons. The van der Waals surface area contributed by atoms with Gasteiger partial charge in [0, 0.05) is 12.1 Å². The maximum Gasteiger partial charge on any atom is 0.280 e. The third-order valence-electron chi connectivity index (χ3n) is 6.17. The molecule has 1 N–H and O–H groups in total. The maximum atomic E-state index is 13.2. The molecule has 2 aromatic carbocycles. The average molecular weight is 431 g/mol. The first-order chi connectivity index (χ1) is 15.7. The molecule has 0 unspecified atom stereocenters. The average Bonchev–Trinajstić information content (AvgIpc) is 3.39. The number of anilines is 1.